The second-order valence-electron chi connectivity index (χ2n) is 9.67. The Morgan fingerprint density at radius 1 is 1.09 bits per heavy atom. The normalized spacial score (nSPS) is 16.6. The Morgan fingerprint density at radius 2 is 1.79 bits per heavy atom. The zero-order valence-electron chi connectivity index (χ0n) is 23.6. The smallest absolute Gasteiger partial charge is 0.286 e. The van der Waals surface area contributed by atoms with Crippen LogP contribution in [0.25, 0.3) is 0 Å². The number of ether oxygens (including phenoxy) is 3. The van der Waals surface area contributed by atoms with Gasteiger partial charge in [0.05, 0.1) is 25.2 Å². The molecule has 3 aromatic carbocycles. The van der Waals surface area contributed by atoms with E-state index in [1.165, 1.54) is 31.4 Å². The molecule has 0 aliphatic carbocycles. The molecular weight excluding hydrogens is 575 g/mol. The number of allylic oxidation sites excluding steroid dienone is 1. The van der Waals surface area contributed by atoms with E-state index in [4.69, 9.17) is 20.6 Å². The summed E-state index contributed by atoms with van der Waals surface area (Å²) < 4.78 is 57.8. The lowest BCUT2D eigenvalue weighted by molar-refractivity contribution is -0.146. The summed E-state index contributed by atoms with van der Waals surface area (Å²) in [5.74, 6) is 2.02. The number of nitrogens with zero attached hydrogens (tertiary/aromatic N) is 1. The quantitative estimate of drug-likeness (QED) is 0.286. The predicted molar refractivity (Wildman–Crippen MR) is 158 cm³/mol. The molecule has 1 amide bonds. The van der Waals surface area contributed by atoms with Crippen molar-refractivity contribution >= 4 is 15.9 Å². The minimum Gasteiger partial charge on any atom is -0.497 e. The van der Waals surface area contributed by atoms with Crippen LogP contribution in [0, 0.1) is 18.2 Å². The Labute approximate surface area is 250 Å². The molecule has 0 unspecified atom stereocenters. The number of terminal acetylenes is 1. The van der Waals surface area contributed by atoms with Crippen LogP contribution in [0.4, 0.5) is 4.39 Å². The van der Waals surface area contributed by atoms with E-state index in [0.29, 0.717) is 23.3 Å². The molecule has 0 aromatic heterocycles. The first-order valence-electron chi connectivity index (χ1n) is 13.6. The third kappa shape index (κ3) is 8.43. The highest BCUT2D eigenvalue weighted by molar-refractivity contribution is 7.89. The van der Waals surface area contributed by atoms with E-state index < -0.39 is 22.2 Å². The van der Waals surface area contributed by atoms with Gasteiger partial charge in [0.1, 0.15) is 11.6 Å². The van der Waals surface area contributed by atoms with Gasteiger partial charge in [0.2, 0.25) is 16.3 Å². The molecule has 11 heteroatoms. The summed E-state index contributed by atoms with van der Waals surface area (Å²) in [5.41, 5.74) is 2.32. The van der Waals surface area contributed by atoms with Gasteiger partial charge in [-0.1, -0.05) is 30.2 Å². The maximum Gasteiger partial charge on any atom is 0.286 e. The van der Waals surface area contributed by atoms with Gasteiger partial charge < -0.3 is 24.6 Å². The maximum absolute atomic E-state index is 13.3. The van der Waals surface area contributed by atoms with Gasteiger partial charge in [0.15, 0.2) is 5.76 Å². The number of hydrogen-bond donors (Lipinski definition) is 2. The van der Waals surface area contributed by atoms with Crippen LogP contribution in [0.1, 0.15) is 29.0 Å². The summed E-state index contributed by atoms with van der Waals surface area (Å²) in [6.07, 6.45) is 6.68. The fourth-order valence-electron chi connectivity index (χ4n) is 4.50. The summed E-state index contributed by atoms with van der Waals surface area (Å²) in [6.45, 7) is -0.484. The van der Waals surface area contributed by atoms with Gasteiger partial charge in [-0.15, -0.1) is 6.42 Å². The molecular formula is C32H33FN2O7S. The molecule has 0 bridgehead atoms. The number of amides is 1. The second kappa shape index (κ2) is 14.8. The number of nitrogens with one attached hydrogen (secondary N) is 1. The number of aliphatic hydroxyl groups is 1. The van der Waals surface area contributed by atoms with E-state index in [1.807, 2.05) is 12.1 Å². The monoisotopic (exact) mass is 608 g/mol. The van der Waals surface area contributed by atoms with Gasteiger partial charge in [0.25, 0.3) is 5.91 Å². The van der Waals surface area contributed by atoms with Crippen LogP contribution < -0.4 is 10.1 Å². The number of hydrogen-bond acceptors (Lipinski definition) is 7. The van der Waals surface area contributed by atoms with E-state index in [2.05, 4.69) is 11.2 Å². The molecule has 0 fully saturated rings. The lowest BCUT2D eigenvalue weighted by Gasteiger charge is -2.30. The minimum absolute atomic E-state index is 0.0439. The van der Waals surface area contributed by atoms with Crippen molar-refractivity contribution in [2.75, 3.05) is 33.4 Å². The van der Waals surface area contributed by atoms with Crippen molar-refractivity contribution in [2.45, 2.75) is 30.1 Å². The van der Waals surface area contributed by atoms with E-state index in [0.717, 1.165) is 9.87 Å². The molecule has 0 saturated heterocycles. The molecule has 0 saturated carbocycles. The molecule has 1 heterocycles. The zero-order chi connectivity index (χ0) is 30.8. The van der Waals surface area contributed by atoms with Crippen molar-refractivity contribution in [1.82, 2.24) is 9.62 Å². The van der Waals surface area contributed by atoms with Crippen LogP contribution in [-0.4, -0.2) is 63.4 Å². The highest BCUT2D eigenvalue weighted by atomic mass is 32.2. The van der Waals surface area contributed by atoms with Crippen molar-refractivity contribution in [2.24, 2.45) is 0 Å². The summed E-state index contributed by atoms with van der Waals surface area (Å²) in [7, 11) is -2.45. The third-order valence-electron chi connectivity index (χ3n) is 6.84. The summed E-state index contributed by atoms with van der Waals surface area (Å²) in [6, 6.07) is 19.1. The number of carbonyl (C=O) groups excluding carboxylic acids is 1. The van der Waals surface area contributed by atoms with Crippen molar-refractivity contribution in [1.29, 1.82) is 0 Å². The third-order valence-corrected chi connectivity index (χ3v) is 8.76. The lowest BCUT2D eigenvalue weighted by atomic mass is 9.92. The molecule has 3 aromatic rings. The molecule has 4 rings (SSSR count). The first kappa shape index (κ1) is 31.7. The highest BCUT2D eigenvalue weighted by Crippen LogP contribution is 2.32. The number of rotatable bonds is 13. The SMILES string of the molecule is C#Cc1ccc([C@@H]2C=C(C(=O)NCc3ccc(F)cc3)O[C@H](OCCN(CCO)S(=O)(=O)c3ccc(OC)cc3)C2)cc1. The van der Waals surface area contributed by atoms with Crippen molar-refractivity contribution in [3.63, 3.8) is 0 Å². The molecule has 9 nitrogen and oxygen atoms in total. The molecule has 0 radical (unpaired) electrons. The van der Waals surface area contributed by atoms with Crippen LogP contribution in [0.15, 0.2) is 89.5 Å². The number of methoxy groups -OCH3 is 1. The Morgan fingerprint density at radius 3 is 2.42 bits per heavy atom. The summed E-state index contributed by atoms with van der Waals surface area (Å²) >= 11 is 0. The van der Waals surface area contributed by atoms with Gasteiger partial charge >= 0.3 is 0 Å². The fourth-order valence-corrected chi connectivity index (χ4v) is 5.91. The predicted octanol–water partition coefficient (Wildman–Crippen LogP) is 3.55. The Hall–Kier alpha value is -4.21. The second-order valence-corrected chi connectivity index (χ2v) is 11.6. The van der Waals surface area contributed by atoms with Crippen LogP contribution in [0.3, 0.4) is 0 Å². The number of sulfonamides is 1. The first-order chi connectivity index (χ1) is 20.7. The van der Waals surface area contributed by atoms with E-state index in [1.54, 1.807) is 42.5 Å². The van der Waals surface area contributed by atoms with E-state index >= 15 is 0 Å². The number of carbonyl (C=O) groups is 1. The van der Waals surface area contributed by atoms with Gasteiger partial charge in [-0.05, 0) is 65.7 Å². The fraction of sp³-hybridized carbons (Fsp3) is 0.281. The highest BCUT2D eigenvalue weighted by Gasteiger charge is 2.30. The van der Waals surface area contributed by atoms with E-state index in [-0.39, 0.29) is 55.2 Å². The zero-order valence-corrected chi connectivity index (χ0v) is 24.4. The Kier molecular flexibility index (Phi) is 10.9. The van der Waals surface area contributed by atoms with E-state index in [9.17, 15) is 22.7 Å². The van der Waals surface area contributed by atoms with Crippen molar-refractivity contribution < 1.29 is 36.9 Å². The Balaban J connectivity index is 1.46. The maximum atomic E-state index is 13.3. The number of halogens is 1. The number of aliphatic hydroxyl groups excluding tert-OH is 1. The molecule has 2 N–H and O–H groups in total. The lowest BCUT2D eigenvalue weighted by Crippen LogP contribution is -2.38. The average molecular weight is 609 g/mol. The molecule has 43 heavy (non-hydrogen) atoms. The van der Waals surface area contributed by atoms with Crippen LogP contribution in [0.5, 0.6) is 5.75 Å². The van der Waals surface area contributed by atoms with Gasteiger partial charge in [-0.25, -0.2) is 12.8 Å². The van der Waals surface area contributed by atoms with Crippen LogP contribution in [-0.2, 0) is 30.8 Å². The van der Waals surface area contributed by atoms with Crippen LogP contribution in [0.2, 0.25) is 0 Å². The minimum atomic E-state index is -3.93. The molecule has 226 valence electrons. The summed E-state index contributed by atoms with van der Waals surface area (Å²) in [4.78, 5) is 13.1. The van der Waals surface area contributed by atoms with Gasteiger partial charge in [-0.3, -0.25) is 4.79 Å². The largest absolute Gasteiger partial charge is 0.497 e. The van der Waals surface area contributed by atoms with Gasteiger partial charge in [0, 0.05) is 37.5 Å². The summed E-state index contributed by atoms with van der Waals surface area (Å²) in [5, 5.41) is 12.3. The van der Waals surface area contributed by atoms with Crippen LogP contribution >= 0.6 is 0 Å². The molecule has 2 atom stereocenters. The average Bonchev–Trinajstić information content (AvgIpc) is 3.03. The molecule has 0 spiro atoms. The van der Waals surface area contributed by atoms with Crippen molar-refractivity contribution in [3.05, 3.63) is 107 Å². The first-order valence-corrected chi connectivity index (χ1v) is 15.0. The number of benzene rings is 3. The Bertz CT molecular complexity index is 1550. The van der Waals surface area contributed by atoms with Gasteiger partial charge in [-0.2, -0.15) is 4.31 Å². The molecule has 1 aliphatic rings. The topological polar surface area (TPSA) is 114 Å². The standard InChI is InChI=1S/C32H33FN2O7S/c1-3-23-4-8-25(9-5-23)26-20-30(32(37)34-22-24-6-10-27(33)11-7-24)42-31(21-26)41-19-17-35(16-18-36)43(38,39)29-14-12-28(40-2)13-15-29/h1,4-15,20,26,31,36H,16-19,21-22H2,2H3,(H,34,37)/t26-,31+/m1/s1. The van der Waals surface area contributed by atoms with Crippen molar-refractivity contribution in [3.8, 4) is 18.1 Å². The molecule has 1 aliphatic heterocycles.